The van der Waals surface area contributed by atoms with Gasteiger partial charge in [0.1, 0.15) is 12.3 Å². The van der Waals surface area contributed by atoms with Crippen LogP contribution in [0.2, 0.25) is 0 Å². The maximum atomic E-state index is 13.0. The van der Waals surface area contributed by atoms with Gasteiger partial charge in [-0.2, -0.15) is 0 Å². The Morgan fingerprint density at radius 3 is 3.00 bits per heavy atom. The first-order valence-electron chi connectivity index (χ1n) is 8.41. The number of para-hydroxylation sites is 1. The van der Waals surface area contributed by atoms with Gasteiger partial charge < -0.3 is 4.74 Å². The molecule has 0 spiro atoms. The molecule has 5 heteroatoms. The van der Waals surface area contributed by atoms with Crippen molar-refractivity contribution < 1.29 is 4.74 Å². The Bertz CT molecular complexity index is 1260. The highest BCUT2D eigenvalue weighted by Crippen LogP contribution is 2.40. The lowest BCUT2D eigenvalue weighted by Crippen LogP contribution is -2.20. The monoisotopic (exact) mass is 341 g/mol. The summed E-state index contributed by atoms with van der Waals surface area (Å²) in [5.74, 6) is 0.656. The van der Waals surface area contributed by atoms with Crippen molar-refractivity contribution in [2.24, 2.45) is 0 Å². The van der Waals surface area contributed by atoms with Gasteiger partial charge in [-0.3, -0.25) is 14.3 Å². The van der Waals surface area contributed by atoms with E-state index >= 15 is 0 Å². The van der Waals surface area contributed by atoms with Crippen LogP contribution in [0.15, 0.2) is 66.2 Å². The number of pyridine rings is 3. The molecule has 0 amide bonds. The van der Waals surface area contributed by atoms with E-state index in [0.717, 1.165) is 33.2 Å². The first-order chi connectivity index (χ1) is 12.8. The van der Waals surface area contributed by atoms with Crippen molar-refractivity contribution in [3.8, 4) is 17.1 Å². The predicted molar refractivity (Wildman–Crippen MR) is 102 cm³/mol. The Morgan fingerprint density at radius 2 is 2.12 bits per heavy atom. The summed E-state index contributed by atoms with van der Waals surface area (Å²) >= 11 is 0. The third-order valence-corrected chi connectivity index (χ3v) is 4.73. The molecule has 0 bridgehead atoms. The summed E-state index contributed by atoms with van der Waals surface area (Å²) in [5, 5.41) is 2.36. The Balaban J connectivity index is 1.89. The standard InChI is InChI=1S/C21H15N3O2/c1-2-9-26-20-15-7-8-22-11-16(15)21(25)24-12-14-10-13-5-3-4-6-17(13)23-18(14)19(20)24/h2-8,10-11H,1,9,12H2. The summed E-state index contributed by atoms with van der Waals surface area (Å²) in [7, 11) is 0. The molecule has 1 aromatic carbocycles. The fourth-order valence-corrected chi connectivity index (χ4v) is 3.59. The molecule has 0 aliphatic carbocycles. The second kappa shape index (κ2) is 5.52. The topological polar surface area (TPSA) is 57.0 Å². The molecule has 126 valence electrons. The molecule has 0 radical (unpaired) electrons. The van der Waals surface area contributed by atoms with E-state index < -0.39 is 0 Å². The molecule has 0 saturated carbocycles. The Morgan fingerprint density at radius 1 is 1.23 bits per heavy atom. The Kier molecular flexibility index (Phi) is 3.15. The fourth-order valence-electron chi connectivity index (χ4n) is 3.59. The van der Waals surface area contributed by atoms with Crippen molar-refractivity contribution >= 4 is 21.7 Å². The molecule has 26 heavy (non-hydrogen) atoms. The van der Waals surface area contributed by atoms with Crippen LogP contribution in [0.1, 0.15) is 5.56 Å². The maximum absolute atomic E-state index is 13.0. The smallest absolute Gasteiger partial charge is 0.261 e. The summed E-state index contributed by atoms with van der Waals surface area (Å²) in [6.07, 6.45) is 4.96. The molecular weight excluding hydrogens is 326 g/mol. The number of fused-ring (bicyclic) bond motifs is 5. The summed E-state index contributed by atoms with van der Waals surface area (Å²) in [6.45, 7) is 4.57. The zero-order valence-corrected chi connectivity index (χ0v) is 14.0. The van der Waals surface area contributed by atoms with Crippen molar-refractivity contribution in [1.82, 2.24) is 14.5 Å². The number of hydrogen-bond acceptors (Lipinski definition) is 4. The highest BCUT2D eigenvalue weighted by molar-refractivity contribution is 5.95. The van der Waals surface area contributed by atoms with Gasteiger partial charge in [-0.25, -0.2) is 4.98 Å². The summed E-state index contributed by atoms with van der Waals surface area (Å²) in [4.78, 5) is 22.0. The number of benzene rings is 1. The molecule has 5 rings (SSSR count). The van der Waals surface area contributed by atoms with Crippen LogP contribution in [0.5, 0.6) is 5.75 Å². The highest BCUT2D eigenvalue weighted by atomic mass is 16.5. The van der Waals surface area contributed by atoms with Crippen molar-refractivity contribution in [1.29, 1.82) is 0 Å². The van der Waals surface area contributed by atoms with Crippen molar-refractivity contribution in [3.05, 3.63) is 77.4 Å². The molecule has 3 aromatic heterocycles. The fraction of sp³-hybridized carbons (Fsp3) is 0.0952. The minimum atomic E-state index is -0.0730. The molecule has 4 heterocycles. The van der Waals surface area contributed by atoms with Crippen LogP contribution < -0.4 is 10.3 Å². The second-order valence-corrected chi connectivity index (χ2v) is 6.28. The minimum absolute atomic E-state index is 0.0730. The van der Waals surface area contributed by atoms with Gasteiger partial charge in [0.25, 0.3) is 5.56 Å². The number of ether oxygens (including phenoxy) is 1. The van der Waals surface area contributed by atoms with Crippen molar-refractivity contribution in [2.45, 2.75) is 6.54 Å². The van der Waals surface area contributed by atoms with Gasteiger partial charge in [-0.05, 0) is 18.2 Å². The van der Waals surface area contributed by atoms with Gasteiger partial charge in [-0.15, -0.1) is 0 Å². The van der Waals surface area contributed by atoms with Crippen LogP contribution >= 0.6 is 0 Å². The van der Waals surface area contributed by atoms with Gasteiger partial charge in [0, 0.05) is 28.7 Å². The van der Waals surface area contributed by atoms with E-state index in [1.54, 1.807) is 23.0 Å². The molecule has 1 aliphatic heterocycles. The average Bonchev–Trinajstić information content (AvgIpc) is 3.05. The average molecular weight is 341 g/mol. The summed E-state index contributed by atoms with van der Waals surface area (Å²) < 4.78 is 7.72. The molecule has 5 nitrogen and oxygen atoms in total. The molecule has 1 aliphatic rings. The van der Waals surface area contributed by atoms with Crippen molar-refractivity contribution in [2.75, 3.05) is 6.61 Å². The van der Waals surface area contributed by atoms with Crippen LogP contribution in [-0.2, 0) is 6.54 Å². The largest absolute Gasteiger partial charge is 0.487 e. The van der Waals surface area contributed by atoms with Crippen LogP contribution in [0.3, 0.4) is 0 Å². The number of rotatable bonds is 3. The lowest BCUT2D eigenvalue weighted by atomic mass is 10.1. The molecular formula is C21H15N3O2. The van der Waals surface area contributed by atoms with Crippen LogP contribution in [0.4, 0.5) is 0 Å². The Hall–Kier alpha value is -3.47. The number of nitrogens with zero attached hydrogens (tertiary/aromatic N) is 3. The second-order valence-electron chi connectivity index (χ2n) is 6.28. The lowest BCUT2D eigenvalue weighted by Gasteiger charge is -2.14. The first-order valence-corrected chi connectivity index (χ1v) is 8.41. The molecule has 4 aromatic rings. The van der Waals surface area contributed by atoms with E-state index in [9.17, 15) is 4.79 Å². The van der Waals surface area contributed by atoms with E-state index in [2.05, 4.69) is 17.6 Å². The number of hydrogen-bond donors (Lipinski definition) is 0. The van der Waals surface area contributed by atoms with Crippen LogP contribution in [-0.4, -0.2) is 21.1 Å². The highest BCUT2D eigenvalue weighted by Gasteiger charge is 2.28. The molecule has 0 saturated heterocycles. The van der Waals surface area contributed by atoms with Crippen molar-refractivity contribution in [3.63, 3.8) is 0 Å². The van der Waals surface area contributed by atoms with Crippen LogP contribution in [0.25, 0.3) is 33.1 Å². The quantitative estimate of drug-likeness (QED) is 0.471. The Labute approximate surface area is 149 Å². The first kappa shape index (κ1) is 14.8. The third kappa shape index (κ3) is 2.00. The molecule has 0 atom stereocenters. The molecule has 0 fully saturated rings. The van der Waals surface area contributed by atoms with E-state index in [0.29, 0.717) is 24.3 Å². The van der Waals surface area contributed by atoms with E-state index in [1.807, 2.05) is 30.3 Å². The van der Waals surface area contributed by atoms with Gasteiger partial charge >= 0.3 is 0 Å². The molecule has 0 N–H and O–H groups in total. The maximum Gasteiger partial charge on any atom is 0.261 e. The third-order valence-electron chi connectivity index (χ3n) is 4.73. The van der Waals surface area contributed by atoms with Gasteiger partial charge in [-0.1, -0.05) is 30.9 Å². The van der Waals surface area contributed by atoms with E-state index in [1.165, 1.54) is 0 Å². The minimum Gasteiger partial charge on any atom is -0.487 e. The lowest BCUT2D eigenvalue weighted by molar-refractivity contribution is 0.366. The SMILES string of the molecule is C=CCOc1c2n(c(=O)c3cnccc13)Cc1cc3ccccc3nc1-2. The molecule has 0 unspecified atom stereocenters. The number of aromatic nitrogens is 3. The van der Waals surface area contributed by atoms with Gasteiger partial charge in [0.05, 0.1) is 23.1 Å². The van der Waals surface area contributed by atoms with Crippen LogP contribution in [0, 0.1) is 0 Å². The summed E-state index contributed by atoms with van der Waals surface area (Å²) in [5.41, 5.74) is 3.38. The van der Waals surface area contributed by atoms with Gasteiger partial charge in [0.2, 0.25) is 0 Å². The zero-order chi connectivity index (χ0) is 17.7. The van der Waals surface area contributed by atoms with E-state index in [-0.39, 0.29) is 5.56 Å². The predicted octanol–water partition coefficient (Wildman–Crippen LogP) is 3.54. The normalized spacial score (nSPS) is 12.2. The zero-order valence-electron chi connectivity index (χ0n) is 14.0. The van der Waals surface area contributed by atoms with Gasteiger partial charge in [0.15, 0.2) is 5.75 Å². The summed E-state index contributed by atoms with van der Waals surface area (Å²) in [6, 6.07) is 11.9. The van der Waals surface area contributed by atoms with E-state index in [4.69, 9.17) is 9.72 Å².